The zero-order valence-corrected chi connectivity index (χ0v) is 12.3. The Morgan fingerprint density at radius 1 is 1.19 bits per heavy atom. The molecule has 0 spiro atoms. The first-order valence-electron chi connectivity index (χ1n) is 6.57. The summed E-state index contributed by atoms with van der Waals surface area (Å²) in [4.78, 5) is 14.2. The maximum Gasteiger partial charge on any atom is 0.489 e. The Morgan fingerprint density at radius 2 is 1.86 bits per heavy atom. The lowest BCUT2D eigenvalue weighted by atomic mass is 9.80. The van der Waals surface area contributed by atoms with Gasteiger partial charge in [0.1, 0.15) is 0 Å². The van der Waals surface area contributed by atoms with Crippen molar-refractivity contribution in [2.45, 2.75) is 6.92 Å². The highest BCUT2D eigenvalue weighted by Gasteiger charge is 2.20. The number of rotatable bonds is 4. The Kier molecular flexibility index (Phi) is 5.01. The molecule has 2 aromatic carbocycles. The van der Waals surface area contributed by atoms with Crippen LogP contribution < -0.4 is 10.4 Å². The Balaban J connectivity index is 2.32. The Labute approximate surface area is 128 Å². The van der Waals surface area contributed by atoms with Gasteiger partial charge in [0.25, 0.3) is 5.91 Å². The molecule has 6 heteroatoms. The molecule has 0 fully saturated rings. The lowest BCUT2D eigenvalue weighted by Gasteiger charge is -2.21. The fourth-order valence-corrected chi connectivity index (χ4v) is 2.35. The van der Waals surface area contributed by atoms with E-state index in [1.54, 1.807) is 4.90 Å². The highest BCUT2D eigenvalue weighted by atomic mass is 35.5. The normalized spacial score (nSPS) is 10.3. The molecular weight excluding hydrogens is 288 g/mol. The molecule has 0 aromatic heterocycles. The number of halogens is 1. The Morgan fingerprint density at radius 3 is 2.38 bits per heavy atom. The lowest BCUT2D eigenvalue weighted by molar-refractivity contribution is 0.0988. The van der Waals surface area contributed by atoms with E-state index in [-0.39, 0.29) is 16.4 Å². The van der Waals surface area contributed by atoms with Crippen LogP contribution in [0.15, 0.2) is 48.5 Å². The van der Waals surface area contributed by atoms with Gasteiger partial charge in [-0.25, -0.2) is 0 Å². The van der Waals surface area contributed by atoms with Crippen LogP contribution in [-0.2, 0) is 0 Å². The third-order valence-electron chi connectivity index (χ3n) is 3.15. The fourth-order valence-electron chi connectivity index (χ4n) is 2.08. The number of carbonyl (C=O) groups is 1. The molecular formula is C15H15BClNO3. The van der Waals surface area contributed by atoms with Gasteiger partial charge < -0.3 is 14.9 Å². The molecule has 4 nitrogen and oxygen atoms in total. The van der Waals surface area contributed by atoms with Crippen molar-refractivity contribution in [3.63, 3.8) is 0 Å². The van der Waals surface area contributed by atoms with E-state index in [0.29, 0.717) is 12.1 Å². The molecule has 2 rings (SSSR count). The molecule has 0 atom stereocenters. The van der Waals surface area contributed by atoms with Gasteiger partial charge in [0, 0.05) is 28.3 Å². The third kappa shape index (κ3) is 3.45. The number of anilines is 1. The highest BCUT2D eigenvalue weighted by Crippen LogP contribution is 2.18. The summed E-state index contributed by atoms with van der Waals surface area (Å²) < 4.78 is 0. The van der Waals surface area contributed by atoms with E-state index in [4.69, 9.17) is 21.6 Å². The first kappa shape index (κ1) is 15.6. The van der Waals surface area contributed by atoms with E-state index in [1.165, 1.54) is 18.2 Å². The van der Waals surface area contributed by atoms with Crippen LogP contribution in [0.5, 0.6) is 0 Å². The van der Waals surface area contributed by atoms with Crippen molar-refractivity contribution in [3.8, 4) is 0 Å². The van der Waals surface area contributed by atoms with Crippen LogP contribution in [0, 0.1) is 0 Å². The van der Waals surface area contributed by atoms with E-state index in [2.05, 4.69) is 0 Å². The summed E-state index contributed by atoms with van der Waals surface area (Å²) in [5, 5.41) is 18.4. The van der Waals surface area contributed by atoms with Crippen molar-refractivity contribution < 1.29 is 14.8 Å². The molecule has 0 heterocycles. The molecule has 0 saturated heterocycles. The van der Waals surface area contributed by atoms with Gasteiger partial charge >= 0.3 is 7.12 Å². The average molecular weight is 304 g/mol. The molecule has 2 N–H and O–H groups in total. The second-order valence-corrected chi connectivity index (χ2v) is 4.90. The maximum atomic E-state index is 12.6. The summed E-state index contributed by atoms with van der Waals surface area (Å²) in [5.41, 5.74) is 1.37. The summed E-state index contributed by atoms with van der Waals surface area (Å²) in [6, 6.07) is 13.8. The summed E-state index contributed by atoms with van der Waals surface area (Å²) in [6.45, 7) is 2.41. The summed E-state index contributed by atoms with van der Waals surface area (Å²) in [5.74, 6) is -0.190. The van der Waals surface area contributed by atoms with Crippen molar-refractivity contribution in [1.82, 2.24) is 0 Å². The molecule has 108 valence electrons. The van der Waals surface area contributed by atoms with Gasteiger partial charge in [0.2, 0.25) is 0 Å². The van der Waals surface area contributed by atoms with Crippen molar-refractivity contribution in [2.24, 2.45) is 0 Å². The highest BCUT2D eigenvalue weighted by molar-refractivity contribution is 6.62. The first-order valence-corrected chi connectivity index (χ1v) is 6.95. The number of para-hydroxylation sites is 1. The lowest BCUT2D eigenvalue weighted by Crippen LogP contribution is -2.33. The van der Waals surface area contributed by atoms with Crippen molar-refractivity contribution >= 4 is 35.8 Å². The van der Waals surface area contributed by atoms with Gasteiger partial charge in [-0.05, 0) is 31.2 Å². The van der Waals surface area contributed by atoms with E-state index in [0.717, 1.165) is 5.69 Å². The topological polar surface area (TPSA) is 60.8 Å². The number of nitrogens with zero attached hydrogens (tertiary/aromatic N) is 1. The van der Waals surface area contributed by atoms with Gasteiger partial charge in [-0.15, -0.1) is 0 Å². The third-order valence-corrected chi connectivity index (χ3v) is 3.48. The van der Waals surface area contributed by atoms with Crippen molar-refractivity contribution in [2.75, 3.05) is 11.4 Å². The molecule has 0 bridgehead atoms. The van der Waals surface area contributed by atoms with E-state index >= 15 is 0 Å². The predicted molar refractivity (Wildman–Crippen MR) is 85.1 cm³/mol. The predicted octanol–water partition coefficient (Wildman–Crippen LogP) is 1.69. The summed E-state index contributed by atoms with van der Waals surface area (Å²) in [7, 11) is -1.65. The van der Waals surface area contributed by atoms with Crippen molar-refractivity contribution in [1.29, 1.82) is 0 Å². The Hall–Kier alpha value is -1.82. The molecule has 0 saturated carbocycles. The molecule has 0 unspecified atom stereocenters. The van der Waals surface area contributed by atoms with Crippen LogP contribution in [-0.4, -0.2) is 29.6 Å². The van der Waals surface area contributed by atoms with Crippen LogP contribution >= 0.6 is 11.6 Å². The van der Waals surface area contributed by atoms with Crippen LogP contribution in [0.3, 0.4) is 0 Å². The van der Waals surface area contributed by atoms with Crippen LogP contribution in [0.2, 0.25) is 5.02 Å². The quantitative estimate of drug-likeness (QED) is 0.845. The minimum atomic E-state index is -1.65. The van der Waals surface area contributed by atoms with Gasteiger partial charge in [-0.1, -0.05) is 35.9 Å². The Bertz CT molecular complexity index is 634. The zero-order valence-electron chi connectivity index (χ0n) is 11.5. The largest absolute Gasteiger partial charge is 0.489 e. The zero-order chi connectivity index (χ0) is 15.4. The maximum absolute atomic E-state index is 12.6. The van der Waals surface area contributed by atoms with Gasteiger partial charge in [-0.2, -0.15) is 0 Å². The van der Waals surface area contributed by atoms with Crippen molar-refractivity contribution in [3.05, 3.63) is 59.1 Å². The second kappa shape index (κ2) is 6.76. The van der Waals surface area contributed by atoms with E-state index in [9.17, 15) is 4.79 Å². The molecule has 2 aromatic rings. The molecule has 0 radical (unpaired) electrons. The van der Waals surface area contributed by atoms with Gasteiger partial charge in [-0.3, -0.25) is 4.79 Å². The number of amides is 1. The number of benzene rings is 2. The summed E-state index contributed by atoms with van der Waals surface area (Å²) in [6.07, 6.45) is 0. The van der Waals surface area contributed by atoms with E-state index < -0.39 is 7.12 Å². The molecule has 0 aliphatic heterocycles. The van der Waals surface area contributed by atoms with Crippen LogP contribution in [0.25, 0.3) is 0 Å². The minimum absolute atomic E-state index is 0.153. The second-order valence-electron chi connectivity index (χ2n) is 4.49. The SMILES string of the molecule is CCN(C(=O)c1ccc(B(O)O)c(Cl)c1)c1ccccc1. The van der Waals surface area contributed by atoms with E-state index in [1.807, 2.05) is 37.3 Å². The van der Waals surface area contributed by atoms with Gasteiger partial charge in [0.05, 0.1) is 0 Å². The molecule has 21 heavy (non-hydrogen) atoms. The average Bonchev–Trinajstić information content (AvgIpc) is 2.48. The molecule has 0 aliphatic carbocycles. The molecule has 0 aliphatic rings. The minimum Gasteiger partial charge on any atom is -0.423 e. The number of hydrogen-bond acceptors (Lipinski definition) is 3. The number of hydrogen-bond donors (Lipinski definition) is 2. The summed E-state index contributed by atoms with van der Waals surface area (Å²) >= 11 is 5.97. The standard InChI is InChI=1S/C15H15BClNO3/c1-2-18(12-6-4-3-5-7-12)15(19)11-8-9-13(16(20)21)14(17)10-11/h3-10,20-21H,2H2,1H3. The van der Waals surface area contributed by atoms with Crippen LogP contribution in [0.1, 0.15) is 17.3 Å². The molecule has 1 amide bonds. The number of carbonyl (C=O) groups excluding carboxylic acids is 1. The van der Waals surface area contributed by atoms with Crippen LogP contribution in [0.4, 0.5) is 5.69 Å². The monoisotopic (exact) mass is 303 g/mol. The smallest absolute Gasteiger partial charge is 0.423 e. The van der Waals surface area contributed by atoms with Gasteiger partial charge in [0.15, 0.2) is 0 Å². The fraction of sp³-hybridized carbons (Fsp3) is 0.133. The first-order chi connectivity index (χ1) is 10.0.